The van der Waals surface area contributed by atoms with Gasteiger partial charge in [-0.1, -0.05) is 18.1 Å². The molecule has 4 aromatic rings. The van der Waals surface area contributed by atoms with Gasteiger partial charge in [0.25, 0.3) is 11.8 Å². The highest BCUT2D eigenvalue weighted by atomic mass is 16.2. The van der Waals surface area contributed by atoms with Gasteiger partial charge in [-0.2, -0.15) is 5.26 Å². The molecule has 1 fully saturated rings. The second kappa shape index (κ2) is 9.92. The summed E-state index contributed by atoms with van der Waals surface area (Å²) in [7, 11) is 0. The van der Waals surface area contributed by atoms with Crippen LogP contribution in [0.25, 0.3) is 16.8 Å². The quantitative estimate of drug-likeness (QED) is 0.435. The van der Waals surface area contributed by atoms with E-state index in [2.05, 4.69) is 27.1 Å². The molecule has 182 valence electrons. The summed E-state index contributed by atoms with van der Waals surface area (Å²) in [5.41, 5.74) is 4.08. The fraction of sp³-hybridized carbons (Fsp3) is 0.214. The molecule has 1 saturated heterocycles. The minimum absolute atomic E-state index is 0.182. The largest absolute Gasteiger partial charge is 0.322 e. The minimum atomic E-state index is -0.334. The summed E-state index contributed by atoms with van der Waals surface area (Å²) < 4.78 is 2.00. The van der Waals surface area contributed by atoms with Crippen molar-refractivity contribution in [2.45, 2.75) is 32.7 Å². The van der Waals surface area contributed by atoms with Crippen LogP contribution in [0.2, 0.25) is 0 Å². The van der Waals surface area contributed by atoms with Crippen LogP contribution in [0.5, 0.6) is 0 Å². The van der Waals surface area contributed by atoms with Gasteiger partial charge in [0.2, 0.25) is 0 Å². The SMILES string of the molecule is CC#CC(=O)N1CCC[C@H]1c1nc(-c2ccc(C(=O)Nc3cc(C#N)ccn3)cc2)c2c(C)nccn12. The molecule has 0 bridgehead atoms. The Labute approximate surface area is 213 Å². The highest BCUT2D eigenvalue weighted by molar-refractivity contribution is 6.04. The second-order valence-electron chi connectivity index (χ2n) is 8.65. The molecule has 37 heavy (non-hydrogen) atoms. The first kappa shape index (κ1) is 23.7. The van der Waals surface area contributed by atoms with E-state index < -0.39 is 0 Å². The summed E-state index contributed by atoms with van der Waals surface area (Å²) in [5.74, 6) is 5.90. The van der Waals surface area contributed by atoms with Gasteiger partial charge in [-0.25, -0.2) is 9.97 Å². The number of aryl methyl sites for hydroxylation is 1. The predicted octanol–water partition coefficient (Wildman–Crippen LogP) is 3.91. The van der Waals surface area contributed by atoms with E-state index in [-0.39, 0.29) is 17.9 Å². The number of carbonyl (C=O) groups is 2. The summed E-state index contributed by atoms with van der Waals surface area (Å²) in [6.07, 6.45) is 6.75. The third-order valence-corrected chi connectivity index (χ3v) is 6.36. The van der Waals surface area contributed by atoms with Gasteiger partial charge in [-0.3, -0.25) is 19.0 Å². The van der Waals surface area contributed by atoms with Gasteiger partial charge < -0.3 is 10.2 Å². The highest BCUT2D eigenvalue weighted by Gasteiger charge is 2.33. The molecule has 1 aliphatic rings. The van der Waals surface area contributed by atoms with Gasteiger partial charge in [0, 0.05) is 36.3 Å². The van der Waals surface area contributed by atoms with Crippen LogP contribution in [0.1, 0.15) is 53.2 Å². The highest BCUT2D eigenvalue weighted by Crippen LogP contribution is 2.35. The number of hydrogen-bond donors (Lipinski definition) is 1. The molecule has 1 atom stereocenters. The Balaban J connectivity index is 1.48. The van der Waals surface area contributed by atoms with Gasteiger partial charge >= 0.3 is 0 Å². The van der Waals surface area contributed by atoms with Gasteiger partial charge in [-0.05, 0) is 56.9 Å². The van der Waals surface area contributed by atoms with Crippen molar-refractivity contribution >= 4 is 23.1 Å². The molecule has 0 unspecified atom stereocenters. The lowest BCUT2D eigenvalue weighted by atomic mass is 10.1. The number of nitrogens with zero attached hydrogens (tertiary/aromatic N) is 6. The molecule has 9 heteroatoms. The van der Waals surface area contributed by atoms with Crippen molar-refractivity contribution in [1.82, 2.24) is 24.3 Å². The predicted molar refractivity (Wildman–Crippen MR) is 137 cm³/mol. The number of amides is 2. The molecular formula is C28H23N7O2. The Morgan fingerprint density at radius 3 is 2.70 bits per heavy atom. The first-order valence-corrected chi connectivity index (χ1v) is 11.8. The number of carbonyl (C=O) groups excluding carboxylic acids is 2. The van der Waals surface area contributed by atoms with Crippen molar-refractivity contribution in [3.8, 4) is 29.2 Å². The van der Waals surface area contributed by atoms with Crippen molar-refractivity contribution in [3.05, 3.63) is 77.6 Å². The van der Waals surface area contributed by atoms with Gasteiger partial charge in [0.15, 0.2) is 0 Å². The molecule has 1 N–H and O–H groups in total. The fourth-order valence-electron chi connectivity index (χ4n) is 4.65. The van der Waals surface area contributed by atoms with Crippen LogP contribution >= 0.6 is 0 Å². The van der Waals surface area contributed by atoms with Crippen molar-refractivity contribution in [2.75, 3.05) is 11.9 Å². The topological polar surface area (TPSA) is 116 Å². The van der Waals surface area contributed by atoms with Crippen LogP contribution in [-0.2, 0) is 4.79 Å². The molecular weight excluding hydrogens is 466 g/mol. The average molecular weight is 490 g/mol. The van der Waals surface area contributed by atoms with Gasteiger partial charge in [0.1, 0.15) is 11.6 Å². The number of fused-ring (bicyclic) bond motifs is 1. The Bertz CT molecular complexity index is 1620. The lowest BCUT2D eigenvalue weighted by Crippen LogP contribution is -2.30. The summed E-state index contributed by atoms with van der Waals surface area (Å²) in [5, 5.41) is 11.8. The number of likely N-dealkylation sites (tertiary alicyclic amines) is 1. The molecule has 9 nitrogen and oxygen atoms in total. The molecule has 0 spiro atoms. The average Bonchev–Trinajstić information content (AvgIpc) is 3.55. The summed E-state index contributed by atoms with van der Waals surface area (Å²) >= 11 is 0. The lowest BCUT2D eigenvalue weighted by molar-refractivity contribution is -0.126. The molecule has 0 aliphatic carbocycles. The van der Waals surface area contributed by atoms with Crippen molar-refractivity contribution in [2.24, 2.45) is 0 Å². The van der Waals surface area contributed by atoms with E-state index in [1.165, 1.54) is 12.3 Å². The maximum absolute atomic E-state index is 12.7. The van der Waals surface area contributed by atoms with Crippen LogP contribution in [0.4, 0.5) is 5.82 Å². The number of nitriles is 1. The minimum Gasteiger partial charge on any atom is -0.322 e. The molecule has 1 aliphatic heterocycles. The Morgan fingerprint density at radius 2 is 1.95 bits per heavy atom. The molecule has 1 aromatic carbocycles. The van der Waals surface area contributed by atoms with Gasteiger partial charge in [0.05, 0.1) is 34.6 Å². The number of imidazole rings is 1. The Hall–Kier alpha value is -5.02. The van der Waals surface area contributed by atoms with Crippen LogP contribution in [0.15, 0.2) is 55.0 Å². The summed E-state index contributed by atoms with van der Waals surface area (Å²) in [6, 6.07) is 12.1. The zero-order chi connectivity index (χ0) is 25.9. The summed E-state index contributed by atoms with van der Waals surface area (Å²) in [6.45, 7) is 4.22. The van der Waals surface area contributed by atoms with Crippen LogP contribution < -0.4 is 5.32 Å². The van der Waals surface area contributed by atoms with Crippen molar-refractivity contribution in [1.29, 1.82) is 5.26 Å². The fourth-order valence-corrected chi connectivity index (χ4v) is 4.65. The number of benzene rings is 1. The summed E-state index contributed by atoms with van der Waals surface area (Å²) in [4.78, 5) is 40.7. The number of hydrogen-bond acceptors (Lipinski definition) is 6. The van der Waals surface area contributed by atoms with E-state index >= 15 is 0 Å². The third-order valence-electron chi connectivity index (χ3n) is 6.36. The zero-order valence-corrected chi connectivity index (χ0v) is 20.4. The zero-order valence-electron chi connectivity index (χ0n) is 20.4. The molecule has 2 amide bonds. The Kier molecular flexibility index (Phi) is 6.36. The standard InChI is InChI=1S/C28H23N7O2/c1-3-5-24(36)34-14-4-6-22(34)27-33-25(26-18(2)30-13-15-35(26)27)20-7-9-21(10-8-20)28(37)32-23-16-19(17-29)11-12-31-23/h7-13,15-16,22H,4,6,14H2,1-2H3,(H,31,32,37)/t22-/m0/s1. The number of nitrogens with one attached hydrogen (secondary N) is 1. The van der Waals surface area contributed by atoms with E-state index in [1.54, 1.807) is 36.2 Å². The molecule has 5 rings (SSSR count). The molecule has 4 heterocycles. The molecule has 3 aromatic heterocycles. The van der Waals surface area contributed by atoms with E-state index in [0.717, 1.165) is 41.1 Å². The van der Waals surface area contributed by atoms with E-state index in [0.29, 0.717) is 23.5 Å². The van der Waals surface area contributed by atoms with Crippen LogP contribution in [-0.4, -0.2) is 42.6 Å². The smallest absolute Gasteiger partial charge is 0.299 e. The Morgan fingerprint density at radius 1 is 1.14 bits per heavy atom. The number of anilines is 1. The number of aromatic nitrogens is 4. The maximum atomic E-state index is 12.7. The molecule has 0 saturated carbocycles. The van der Waals surface area contributed by atoms with Crippen LogP contribution in [0.3, 0.4) is 0 Å². The lowest BCUT2D eigenvalue weighted by Gasteiger charge is -2.21. The second-order valence-corrected chi connectivity index (χ2v) is 8.65. The monoisotopic (exact) mass is 489 g/mol. The first-order valence-electron chi connectivity index (χ1n) is 11.8. The number of rotatable bonds is 4. The first-order chi connectivity index (χ1) is 18.0. The van der Waals surface area contributed by atoms with E-state index in [4.69, 9.17) is 10.2 Å². The van der Waals surface area contributed by atoms with Crippen molar-refractivity contribution < 1.29 is 9.59 Å². The molecule has 0 radical (unpaired) electrons. The van der Waals surface area contributed by atoms with E-state index in [1.807, 2.05) is 35.7 Å². The number of pyridine rings is 1. The third kappa shape index (κ3) is 4.51. The van der Waals surface area contributed by atoms with Crippen LogP contribution in [0, 0.1) is 30.1 Å². The van der Waals surface area contributed by atoms with Gasteiger partial charge in [-0.15, -0.1) is 0 Å². The normalized spacial score (nSPS) is 14.6. The van der Waals surface area contributed by atoms with Crippen molar-refractivity contribution in [3.63, 3.8) is 0 Å². The van der Waals surface area contributed by atoms with E-state index in [9.17, 15) is 9.59 Å². The maximum Gasteiger partial charge on any atom is 0.299 e.